The topological polar surface area (TPSA) is 87.7 Å². The van der Waals surface area contributed by atoms with E-state index in [1.54, 1.807) is 0 Å². The molecule has 2 aromatic carbocycles. The van der Waals surface area contributed by atoms with E-state index in [9.17, 15) is 9.90 Å². The van der Waals surface area contributed by atoms with E-state index in [4.69, 9.17) is 5.73 Å². The zero-order valence-corrected chi connectivity index (χ0v) is 18.8. The first kappa shape index (κ1) is 21.2. The number of carbonyl (C=O) groups is 1. The van der Waals surface area contributed by atoms with Crippen LogP contribution in [-0.4, -0.2) is 22.8 Å². The normalized spacial score (nSPS) is 30.8. The molecule has 0 aliphatic heterocycles. The van der Waals surface area contributed by atoms with Gasteiger partial charge in [-0.15, -0.1) is 0 Å². The van der Waals surface area contributed by atoms with E-state index in [-0.39, 0.29) is 11.3 Å². The van der Waals surface area contributed by atoms with Crippen LogP contribution in [0.3, 0.4) is 0 Å². The van der Waals surface area contributed by atoms with Gasteiger partial charge >= 0.3 is 0 Å². The maximum absolute atomic E-state index is 12.6. The molecule has 0 unspecified atom stereocenters. The average molecular weight is 432 g/mol. The van der Waals surface area contributed by atoms with Crippen LogP contribution >= 0.6 is 0 Å². The number of hydrogen-bond donors (Lipinski definition) is 3. The molecule has 5 atom stereocenters. The van der Waals surface area contributed by atoms with E-state index in [1.807, 2.05) is 42.5 Å². The highest BCUT2D eigenvalue weighted by Crippen LogP contribution is 2.59. The molecular formula is C27H33N3O2. The summed E-state index contributed by atoms with van der Waals surface area (Å²) in [6.45, 7) is 2.35. The summed E-state index contributed by atoms with van der Waals surface area (Å²) >= 11 is 0. The highest BCUT2D eigenvalue weighted by Gasteiger charge is 2.53. The Morgan fingerprint density at radius 2 is 2.00 bits per heavy atom. The molecule has 32 heavy (non-hydrogen) atoms. The quantitative estimate of drug-likeness (QED) is 0.631. The first-order chi connectivity index (χ1) is 15.5. The summed E-state index contributed by atoms with van der Waals surface area (Å²) in [6, 6.07) is 15.2. The molecule has 5 nitrogen and oxygen atoms in total. The molecule has 0 radical (unpaired) electrons. The number of carbonyl (C=O) groups excluding carboxylic acids is 1. The van der Waals surface area contributed by atoms with E-state index >= 15 is 0 Å². The number of hydrazone groups is 1. The van der Waals surface area contributed by atoms with Crippen LogP contribution in [0, 0.1) is 17.3 Å². The molecule has 0 spiro atoms. The molecule has 5 heteroatoms. The predicted molar refractivity (Wildman–Crippen MR) is 126 cm³/mol. The fraction of sp³-hybridized carbons (Fsp3) is 0.481. The molecule has 0 heterocycles. The summed E-state index contributed by atoms with van der Waals surface area (Å²) < 4.78 is 0. The number of amides is 1. The van der Waals surface area contributed by atoms with E-state index in [0.29, 0.717) is 29.9 Å². The summed E-state index contributed by atoms with van der Waals surface area (Å²) in [6.07, 6.45) is 7.02. The molecule has 3 aliphatic rings. The Balaban J connectivity index is 1.28. The SMILES string of the molecule is C[C@]12CC[C@@H]3c4ccc(O)cc4CC[C@H]3[C@@H]1CC/C2=N\NC(=O)[C@@H](N)Cc1ccccc1. The third-order valence-electron chi connectivity index (χ3n) is 8.39. The highest BCUT2D eigenvalue weighted by atomic mass is 16.3. The number of aromatic hydroxyl groups is 1. The second-order valence-electron chi connectivity index (χ2n) is 10.1. The van der Waals surface area contributed by atoms with Crippen molar-refractivity contribution in [3.05, 3.63) is 65.2 Å². The Labute approximate surface area is 190 Å². The molecule has 3 aliphatic carbocycles. The molecule has 0 bridgehead atoms. The van der Waals surface area contributed by atoms with Gasteiger partial charge in [-0.05, 0) is 91.5 Å². The number of nitrogens with zero attached hydrogens (tertiary/aromatic N) is 1. The standard InChI is InChI=1S/C27H33N3O2/c1-27-14-13-21-20-10-8-19(31)16-18(20)7-9-22(21)23(27)11-12-25(27)29-30-26(32)24(28)15-17-5-3-2-4-6-17/h2-6,8,10,16,21-24,31H,7,9,11-15,28H2,1H3,(H,30,32)/b29-25+/t21-,22-,23+,24+,27+/m1/s1. The number of nitrogens with two attached hydrogens (primary N) is 1. The van der Waals surface area contributed by atoms with Crippen LogP contribution in [0.2, 0.25) is 0 Å². The Bertz CT molecular complexity index is 1030. The average Bonchev–Trinajstić information content (AvgIpc) is 3.14. The first-order valence-electron chi connectivity index (χ1n) is 11.9. The Morgan fingerprint density at radius 1 is 1.19 bits per heavy atom. The molecule has 168 valence electrons. The number of hydrogen-bond acceptors (Lipinski definition) is 4. The van der Waals surface area contributed by atoms with Crippen molar-refractivity contribution in [3.63, 3.8) is 0 Å². The number of aryl methyl sites for hydroxylation is 1. The van der Waals surface area contributed by atoms with Crippen molar-refractivity contribution < 1.29 is 9.90 Å². The van der Waals surface area contributed by atoms with Crippen molar-refractivity contribution in [2.45, 2.75) is 63.8 Å². The van der Waals surface area contributed by atoms with Gasteiger partial charge in [-0.3, -0.25) is 4.79 Å². The van der Waals surface area contributed by atoms with E-state index in [1.165, 1.54) is 17.5 Å². The molecule has 2 fully saturated rings. The van der Waals surface area contributed by atoms with Gasteiger partial charge < -0.3 is 10.8 Å². The second kappa shape index (κ2) is 8.36. The predicted octanol–water partition coefficient (Wildman–Crippen LogP) is 4.29. The summed E-state index contributed by atoms with van der Waals surface area (Å²) in [7, 11) is 0. The van der Waals surface area contributed by atoms with Crippen LogP contribution in [0.1, 0.15) is 61.6 Å². The van der Waals surface area contributed by atoms with Crippen LogP contribution < -0.4 is 11.2 Å². The fourth-order valence-corrected chi connectivity index (χ4v) is 6.71. The van der Waals surface area contributed by atoms with E-state index < -0.39 is 6.04 Å². The van der Waals surface area contributed by atoms with Gasteiger partial charge in [0.15, 0.2) is 0 Å². The number of rotatable bonds is 4. The zero-order chi connectivity index (χ0) is 22.3. The molecule has 2 saturated carbocycles. The van der Waals surface area contributed by atoms with Crippen molar-refractivity contribution >= 4 is 11.6 Å². The van der Waals surface area contributed by atoms with Crippen LogP contribution in [0.5, 0.6) is 5.75 Å². The molecule has 0 saturated heterocycles. The van der Waals surface area contributed by atoms with Gasteiger partial charge in [0.2, 0.25) is 0 Å². The molecule has 4 N–H and O–H groups in total. The summed E-state index contributed by atoms with van der Waals surface area (Å²) in [5.41, 5.74) is 13.9. The number of benzene rings is 2. The van der Waals surface area contributed by atoms with Crippen molar-refractivity contribution in [3.8, 4) is 5.75 Å². The van der Waals surface area contributed by atoms with Gasteiger partial charge in [-0.25, -0.2) is 5.43 Å². The Kier molecular flexibility index (Phi) is 5.54. The lowest BCUT2D eigenvalue weighted by molar-refractivity contribution is -0.122. The van der Waals surface area contributed by atoms with Crippen LogP contribution in [0.4, 0.5) is 0 Å². The van der Waals surface area contributed by atoms with Crippen molar-refractivity contribution in [1.82, 2.24) is 5.43 Å². The van der Waals surface area contributed by atoms with E-state index in [0.717, 1.165) is 43.4 Å². The number of nitrogens with one attached hydrogen (secondary N) is 1. The van der Waals surface area contributed by atoms with Gasteiger partial charge in [0, 0.05) is 11.1 Å². The number of phenolic OH excluding ortho intramolecular Hbond substituents is 1. The molecule has 1 amide bonds. The summed E-state index contributed by atoms with van der Waals surface area (Å²) in [5.74, 6) is 1.98. The molecule has 0 aromatic heterocycles. The van der Waals surface area contributed by atoms with Crippen molar-refractivity contribution in [1.29, 1.82) is 0 Å². The minimum Gasteiger partial charge on any atom is -0.508 e. The van der Waals surface area contributed by atoms with E-state index in [2.05, 4.69) is 23.5 Å². The van der Waals surface area contributed by atoms with Crippen LogP contribution in [-0.2, 0) is 17.6 Å². The monoisotopic (exact) mass is 431 g/mol. The number of fused-ring (bicyclic) bond motifs is 5. The first-order valence-corrected chi connectivity index (χ1v) is 11.9. The minimum absolute atomic E-state index is 0.0480. The Morgan fingerprint density at radius 3 is 2.81 bits per heavy atom. The van der Waals surface area contributed by atoms with Gasteiger partial charge in [0.25, 0.3) is 5.91 Å². The maximum Gasteiger partial charge on any atom is 0.257 e. The highest BCUT2D eigenvalue weighted by molar-refractivity contribution is 5.94. The van der Waals surface area contributed by atoms with Crippen molar-refractivity contribution in [2.75, 3.05) is 0 Å². The van der Waals surface area contributed by atoms with Gasteiger partial charge in [-0.2, -0.15) is 5.10 Å². The zero-order valence-electron chi connectivity index (χ0n) is 18.8. The smallest absolute Gasteiger partial charge is 0.257 e. The van der Waals surface area contributed by atoms with Crippen molar-refractivity contribution in [2.24, 2.45) is 28.1 Å². The molecular weight excluding hydrogens is 398 g/mol. The number of phenols is 1. The largest absolute Gasteiger partial charge is 0.508 e. The summed E-state index contributed by atoms with van der Waals surface area (Å²) in [4.78, 5) is 12.6. The lowest BCUT2D eigenvalue weighted by atomic mass is 9.55. The third-order valence-corrected chi connectivity index (χ3v) is 8.39. The third kappa shape index (κ3) is 3.73. The second-order valence-corrected chi connectivity index (χ2v) is 10.1. The van der Waals surface area contributed by atoms with Crippen LogP contribution in [0.25, 0.3) is 0 Å². The van der Waals surface area contributed by atoms with Gasteiger partial charge in [-0.1, -0.05) is 43.3 Å². The fourth-order valence-electron chi connectivity index (χ4n) is 6.71. The Hall–Kier alpha value is -2.66. The molecule has 2 aromatic rings. The van der Waals surface area contributed by atoms with Crippen LogP contribution in [0.15, 0.2) is 53.6 Å². The lowest BCUT2D eigenvalue weighted by Gasteiger charge is -2.49. The molecule has 5 rings (SSSR count). The lowest BCUT2D eigenvalue weighted by Crippen LogP contribution is -2.44. The minimum atomic E-state index is -0.603. The maximum atomic E-state index is 12.6. The van der Waals surface area contributed by atoms with Gasteiger partial charge in [0.05, 0.1) is 6.04 Å². The summed E-state index contributed by atoms with van der Waals surface area (Å²) in [5, 5.41) is 14.5. The van der Waals surface area contributed by atoms with Gasteiger partial charge in [0.1, 0.15) is 5.75 Å².